The summed E-state index contributed by atoms with van der Waals surface area (Å²) in [6.45, 7) is -0.141. The predicted octanol–water partition coefficient (Wildman–Crippen LogP) is -0.0596. The van der Waals surface area contributed by atoms with Gasteiger partial charge in [-0.05, 0) is 36.7 Å². The molecule has 1 aliphatic heterocycles. The SMILES string of the molecule is O=C1NC(=O)[C@@]2(N1)[C@H]1C[C@@H]3[C@@H]2[C@@]3(C(=O)N[C@@H](CO)Cc2ccccc2)C1. The number of benzene rings is 1. The van der Waals surface area contributed by atoms with Gasteiger partial charge in [0.2, 0.25) is 5.91 Å². The van der Waals surface area contributed by atoms with Gasteiger partial charge in [0.05, 0.1) is 18.1 Å². The number of imide groups is 1. The predicted molar refractivity (Wildman–Crippen MR) is 90.7 cm³/mol. The Morgan fingerprint density at radius 3 is 2.69 bits per heavy atom. The van der Waals surface area contributed by atoms with Gasteiger partial charge >= 0.3 is 6.03 Å². The van der Waals surface area contributed by atoms with Crippen LogP contribution in [0, 0.1) is 23.2 Å². The number of urea groups is 1. The van der Waals surface area contributed by atoms with E-state index in [9.17, 15) is 19.5 Å². The lowest BCUT2D eigenvalue weighted by molar-refractivity contribution is -0.128. The maximum Gasteiger partial charge on any atom is 0.322 e. The third-order valence-corrected chi connectivity index (χ3v) is 6.99. The fourth-order valence-electron chi connectivity index (χ4n) is 6.04. The van der Waals surface area contributed by atoms with Gasteiger partial charge in [-0.2, -0.15) is 0 Å². The normalized spacial score (nSPS) is 39.7. The molecule has 1 spiro atoms. The van der Waals surface area contributed by atoms with E-state index in [0.717, 1.165) is 12.0 Å². The lowest BCUT2D eigenvalue weighted by Crippen LogP contribution is -2.51. The largest absolute Gasteiger partial charge is 0.394 e. The summed E-state index contributed by atoms with van der Waals surface area (Å²) in [4.78, 5) is 37.1. The van der Waals surface area contributed by atoms with E-state index in [-0.39, 0.29) is 42.2 Å². The molecule has 5 aliphatic rings. The first-order valence-corrected chi connectivity index (χ1v) is 9.11. The van der Waals surface area contributed by atoms with E-state index in [1.165, 1.54) is 0 Å². The van der Waals surface area contributed by atoms with Gasteiger partial charge < -0.3 is 15.7 Å². The van der Waals surface area contributed by atoms with E-state index in [4.69, 9.17) is 0 Å². The summed E-state index contributed by atoms with van der Waals surface area (Å²) in [5.74, 6) is -0.322. The Hall–Kier alpha value is -2.41. The summed E-state index contributed by atoms with van der Waals surface area (Å²) in [6, 6.07) is 8.90. The summed E-state index contributed by atoms with van der Waals surface area (Å²) < 4.78 is 0. The molecular weight excluding hydrogens is 334 g/mol. The molecule has 7 heteroatoms. The minimum atomic E-state index is -0.896. The van der Waals surface area contributed by atoms with Crippen molar-refractivity contribution in [3.63, 3.8) is 0 Å². The zero-order valence-electron chi connectivity index (χ0n) is 14.2. The second-order valence-corrected chi connectivity index (χ2v) is 8.08. The number of carbonyl (C=O) groups is 3. The van der Waals surface area contributed by atoms with Crippen molar-refractivity contribution in [1.29, 1.82) is 0 Å². The van der Waals surface area contributed by atoms with Crippen LogP contribution in [0.2, 0.25) is 0 Å². The van der Waals surface area contributed by atoms with Crippen LogP contribution in [0.4, 0.5) is 4.79 Å². The number of hydrogen-bond donors (Lipinski definition) is 4. The summed E-state index contributed by atoms with van der Waals surface area (Å²) in [7, 11) is 0. The van der Waals surface area contributed by atoms with Crippen molar-refractivity contribution >= 4 is 17.8 Å². The molecule has 1 heterocycles. The van der Waals surface area contributed by atoms with E-state index in [2.05, 4.69) is 16.0 Å². The van der Waals surface area contributed by atoms with Crippen molar-refractivity contribution in [2.75, 3.05) is 6.61 Å². The number of aliphatic hydroxyl groups is 1. The molecule has 136 valence electrons. The fourth-order valence-corrected chi connectivity index (χ4v) is 6.04. The number of carbonyl (C=O) groups excluding carboxylic acids is 3. The van der Waals surface area contributed by atoms with Gasteiger partial charge in [-0.25, -0.2) is 4.79 Å². The first-order valence-electron chi connectivity index (χ1n) is 9.11. The third-order valence-electron chi connectivity index (χ3n) is 6.99. The first-order chi connectivity index (χ1) is 12.5. The van der Waals surface area contributed by atoms with Crippen molar-refractivity contribution < 1.29 is 19.5 Å². The average Bonchev–Trinajstić information content (AvgIpc) is 2.98. The molecule has 0 aromatic heterocycles. The van der Waals surface area contributed by atoms with Gasteiger partial charge in [0.1, 0.15) is 5.54 Å². The van der Waals surface area contributed by atoms with Gasteiger partial charge in [0, 0.05) is 5.92 Å². The number of hydrogen-bond acceptors (Lipinski definition) is 4. The Labute approximate surface area is 150 Å². The van der Waals surface area contributed by atoms with Crippen molar-refractivity contribution in [1.82, 2.24) is 16.0 Å². The lowest BCUT2D eigenvalue weighted by atomic mass is 9.88. The highest BCUT2D eigenvalue weighted by molar-refractivity contribution is 6.10. The molecule has 0 radical (unpaired) electrons. The third kappa shape index (κ3) is 1.79. The topological polar surface area (TPSA) is 108 Å². The molecule has 1 aromatic rings. The molecule has 4 saturated carbocycles. The second kappa shape index (κ2) is 5.07. The van der Waals surface area contributed by atoms with Gasteiger partial charge in [-0.15, -0.1) is 0 Å². The molecule has 6 atom stereocenters. The molecular formula is C19H21N3O4. The molecule has 4 N–H and O–H groups in total. The molecule has 26 heavy (non-hydrogen) atoms. The van der Waals surface area contributed by atoms with Crippen LogP contribution in [0.25, 0.3) is 0 Å². The second-order valence-electron chi connectivity index (χ2n) is 8.08. The molecule has 1 saturated heterocycles. The molecule has 6 rings (SSSR count). The Morgan fingerprint density at radius 1 is 1.31 bits per heavy atom. The van der Waals surface area contributed by atoms with E-state index in [0.29, 0.717) is 12.8 Å². The fraction of sp³-hybridized carbons (Fsp3) is 0.526. The van der Waals surface area contributed by atoms with E-state index < -0.39 is 17.0 Å². The Balaban J connectivity index is 1.33. The van der Waals surface area contributed by atoms with Gasteiger partial charge in [-0.3, -0.25) is 14.9 Å². The van der Waals surface area contributed by atoms with Crippen LogP contribution < -0.4 is 16.0 Å². The number of aliphatic hydroxyl groups excluding tert-OH is 1. The Morgan fingerprint density at radius 2 is 2.08 bits per heavy atom. The van der Waals surface area contributed by atoms with Crippen molar-refractivity contribution in [2.24, 2.45) is 23.2 Å². The maximum absolute atomic E-state index is 13.1. The Kier molecular flexibility index (Phi) is 3.08. The van der Waals surface area contributed by atoms with E-state index >= 15 is 0 Å². The monoisotopic (exact) mass is 355 g/mol. The van der Waals surface area contributed by atoms with Crippen LogP contribution in [0.1, 0.15) is 18.4 Å². The quantitative estimate of drug-likeness (QED) is 0.555. The van der Waals surface area contributed by atoms with Gasteiger partial charge in [0.15, 0.2) is 0 Å². The van der Waals surface area contributed by atoms with Crippen LogP contribution in [-0.4, -0.2) is 41.1 Å². The molecule has 7 nitrogen and oxygen atoms in total. The van der Waals surface area contributed by atoms with Crippen molar-refractivity contribution in [2.45, 2.75) is 30.8 Å². The van der Waals surface area contributed by atoms with Crippen LogP contribution in [0.15, 0.2) is 30.3 Å². The highest BCUT2D eigenvalue weighted by atomic mass is 16.3. The zero-order chi connectivity index (χ0) is 18.1. The summed E-state index contributed by atoms with van der Waals surface area (Å²) in [6.07, 6.45) is 1.99. The van der Waals surface area contributed by atoms with Gasteiger partial charge in [-0.1, -0.05) is 30.3 Å². The summed E-state index contributed by atoms with van der Waals surface area (Å²) in [5.41, 5.74) is -0.414. The molecule has 5 fully saturated rings. The number of nitrogens with one attached hydrogen (secondary N) is 3. The molecule has 1 aromatic carbocycles. The van der Waals surface area contributed by atoms with Crippen LogP contribution in [-0.2, 0) is 16.0 Å². The zero-order valence-corrected chi connectivity index (χ0v) is 14.2. The first kappa shape index (κ1) is 15.8. The highest BCUT2D eigenvalue weighted by Crippen LogP contribution is 2.82. The number of rotatable bonds is 5. The molecule has 4 bridgehead atoms. The minimum Gasteiger partial charge on any atom is -0.394 e. The summed E-state index contributed by atoms with van der Waals surface area (Å²) in [5, 5.41) is 17.9. The molecule has 4 aliphatic carbocycles. The van der Waals surface area contributed by atoms with E-state index in [1.807, 2.05) is 30.3 Å². The maximum atomic E-state index is 13.1. The van der Waals surface area contributed by atoms with E-state index in [1.54, 1.807) is 0 Å². The molecule has 0 unspecified atom stereocenters. The van der Waals surface area contributed by atoms with Crippen molar-refractivity contribution in [3.05, 3.63) is 35.9 Å². The van der Waals surface area contributed by atoms with Crippen LogP contribution in [0.5, 0.6) is 0 Å². The van der Waals surface area contributed by atoms with Crippen LogP contribution in [0.3, 0.4) is 0 Å². The molecule has 4 amide bonds. The summed E-state index contributed by atoms with van der Waals surface area (Å²) >= 11 is 0. The van der Waals surface area contributed by atoms with Crippen LogP contribution >= 0.6 is 0 Å². The standard InChI is InChI=1S/C19H21N3O4/c23-9-12(6-10-4-2-1-3-5-10)20-15(24)18-8-11-7-13(18)14(18)19(11)16(25)21-17(26)22-19/h1-5,11-14,23H,6-9H2,(H,20,24)(H2,21,22,25,26)/t11-,12+,13+,14+,18+,19+/m0/s1. The Bertz CT molecular complexity index is 812. The number of amides is 4. The lowest BCUT2D eigenvalue weighted by Gasteiger charge is -2.24. The van der Waals surface area contributed by atoms with Crippen molar-refractivity contribution in [3.8, 4) is 0 Å². The minimum absolute atomic E-state index is 0.0244. The smallest absolute Gasteiger partial charge is 0.322 e. The van der Waals surface area contributed by atoms with Gasteiger partial charge in [0.25, 0.3) is 5.91 Å². The average molecular weight is 355 g/mol. The highest BCUT2D eigenvalue weighted by Gasteiger charge is 2.90.